The topological polar surface area (TPSA) is 111 Å². The molecule has 0 atom stereocenters. The van der Waals surface area contributed by atoms with Crippen LogP contribution in [0.2, 0.25) is 10.0 Å². The van der Waals surface area contributed by atoms with Gasteiger partial charge in [-0.25, -0.2) is 0 Å². The molecule has 0 saturated carbocycles. The molecule has 0 bridgehead atoms. The van der Waals surface area contributed by atoms with Crippen LogP contribution in [0, 0.1) is 10.1 Å². The lowest BCUT2D eigenvalue weighted by Gasteiger charge is -2.11. The summed E-state index contributed by atoms with van der Waals surface area (Å²) in [6.07, 6.45) is 6.29. The zero-order valence-corrected chi connectivity index (χ0v) is 17.8. The van der Waals surface area contributed by atoms with Gasteiger partial charge in [0.05, 0.1) is 11.3 Å². The van der Waals surface area contributed by atoms with Gasteiger partial charge in [-0.05, 0) is 40.6 Å². The third-order valence-electron chi connectivity index (χ3n) is 4.15. The van der Waals surface area contributed by atoms with Gasteiger partial charge in [0.2, 0.25) is 0 Å². The second-order valence-electron chi connectivity index (χ2n) is 6.52. The highest BCUT2D eigenvalue weighted by atomic mass is 35.5. The largest absolute Gasteiger partial charge is 0.426 e. The van der Waals surface area contributed by atoms with Crippen LogP contribution in [0.3, 0.4) is 0 Å². The van der Waals surface area contributed by atoms with Gasteiger partial charge in [-0.15, -0.1) is 0 Å². The van der Waals surface area contributed by atoms with Gasteiger partial charge in [0, 0.05) is 11.4 Å². The van der Waals surface area contributed by atoms with E-state index in [-0.39, 0.29) is 33.5 Å². The summed E-state index contributed by atoms with van der Waals surface area (Å²) in [5, 5.41) is 13.4. The molecule has 2 rings (SSSR count). The monoisotopic (exact) mass is 453 g/mol. The van der Waals surface area contributed by atoms with E-state index < -0.39 is 22.6 Å². The molecule has 1 aromatic heterocycles. The van der Waals surface area contributed by atoms with Gasteiger partial charge in [-0.3, -0.25) is 9.59 Å². The molecule has 1 amide bonds. The summed E-state index contributed by atoms with van der Waals surface area (Å²) >= 11 is 11.8. The van der Waals surface area contributed by atoms with E-state index in [1.807, 2.05) is 0 Å². The normalized spacial score (nSPS) is 10.5. The average Bonchev–Trinajstić information content (AvgIpc) is 2.69. The number of nitrogens with one attached hydrogen (secondary N) is 1. The van der Waals surface area contributed by atoms with E-state index in [1.165, 1.54) is 24.3 Å². The Hall–Kier alpha value is -2.71. The van der Waals surface area contributed by atoms with Crippen LogP contribution in [0.4, 0.5) is 11.5 Å². The molecule has 0 aliphatic heterocycles. The van der Waals surface area contributed by atoms with Crippen LogP contribution in [0.15, 0.2) is 30.5 Å². The molecule has 0 radical (unpaired) electrons. The average molecular weight is 454 g/mol. The van der Waals surface area contributed by atoms with Crippen molar-refractivity contribution in [3.05, 3.63) is 56.2 Å². The summed E-state index contributed by atoms with van der Waals surface area (Å²) in [7, 11) is 0. The number of amides is 1. The van der Waals surface area contributed by atoms with Crippen molar-refractivity contribution in [2.24, 2.45) is 0 Å². The first-order chi connectivity index (χ1) is 14.3. The number of ether oxygens (including phenoxy) is 1. The van der Waals surface area contributed by atoms with Gasteiger partial charge in [-0.1, -0.05) is 55.8 Å². The van der Waals surface area contributed by atoms with Crippen LogP contribution in [0.1, 0.15) is 55.8 Å². The Morgan fingerprint density at radius 2 is 1.90 bits per heavy atom. The number of benzene rings is 1. The van der Waals surface area contributed by atoms with Crippen LogP contribution in [-0.4, -0.2) is 21.8 Å². The maximum absolute atomic E-state index is 12.7. The number of hydrogen-bond acceptors (Lipinski definition) is 6. The molecular weight excluding hydrogens is 433 g/mol. The number of carbonyl (C=O) groups is 2. The summed E-state index contributed by atoms with van der Waals surface area (Å²) in [5.41, 5.74) is 0.181. The van der Waals surface area contributed by atoms with Crippen LogP contribution in [0.25, 0.3) is 0 Å². The summed E-state index contributed by atoms with van der Waals surface area (Å²) < 4.78 is 5.35. The summed E-state index contributed by atoms with van der Waals surface area (Å²) in [4.78, 5) is 38.5. The fourth-order valence-electron chi connectivity index (χ4n) is 2.65. The molecule has 10 heteroatoms. The number of halogens is 2. The predicted molar refractivity (Wildman–Crippen MR) is 114 cm³/mol. The SMILES string of the molecule is CCCCCCCC(=O)Oc1ccc(Cl)cc1C(=O)Nc1cnc([N+](=O)[O-])c(Cl)c1. The van der Waals surface area contributed by atoms with E-state index in [2.05, 4.69) is 17.2 Å². The molecule has 2 aromatic rings. The van der Waals surface area contributed by atoms with Gasteiger partial charge in [0.25, 0.3) is 5.91 Å². The first-order valence-corrected chi connectivity index (χ1v) is 10.2. The van der Waals surface area contributed by atoms with Crippen molar-refractivity contribution in [1.29, 1.82) is 0 Å². The fourth-order valence-corrected chi connectivity index (χ4v) is 3.05. The smallest absolute Gasteiger partial charge is 0.382 e. The second kappa shape index (κ2) is 11.5. The summed E-state index contributed by atoms with van der Waals surface area (Å²) in [6, 6.07) is 5.51. The highest BCUT2D eigenvalue weighted by Crippen LogP contribution is 2.27. The van der Waals surface area contributed by atoms with Gasteiger partial charge < -0.3 is 20.2 Å². The molecule has 30 heavy (non-hydrogen) atoms. The molecule has 0 spiro atoms. The third kappa shape index (κ3) is 6.96. The quantitative estimate of drug-likeness (QED) is 0.159. The molecular formula is C20H21Cl2N3O5. The Kier molecular flexibility index (Phi) is 9.01. The number of aromatic nitrogens is 1. The van der Waals surface area contributed by atoms with Gasteiger partial charge in [0.15, 0.2) is 6.20 Å². The number of unbranched alkanes of at least 4 members (excludes halogenated alkanes) is 4. The zero-order valence-electron chi connectivity index (χ0n) is 16.3. The molecule has 0 aliphatic carbocycles. The van der Waals surface area contributed by atoms with E-state index in [4.69, 9.17) is 27.9 Å². The number of rotatable bonds is 10. The van der Waals surface area contributed by atoms with Crippen molar-refractivity contribution >= 4 is 46.6 Å². The number of esters is 1. The fraction of sp³-hybridized carbons (Fsp3) is 0.350. The number of nitro groups is 1. The van der Waals surface area contributed by atoms with Crippen molar-refractivity contribution in [3.63, 3.8) is 0 Å². The molecule has 8 nitrogen and oxygen atoms in total. The zero-order chi connectivity index (χ0) is 22.1. The first kappa shape index (κ1) is 23.6. The number of pyridine rings is 1. The van der Waals surface area contributed by atoms with E-state index in [0.717, 1.165) is 31.9 Å². The first-order valence-electron chi connectivity index (χ1n) is 9.43. The molecule has 0 unspecified atom stereocenters. The Bertz CT molecular complexity index is 937. The van der Waals surface area contributed by atoms with Crippen molar-refractivity contribution in [1.82, 2.24) is 4.98 Å². The minimum atomic E-state index is -0.731. The highest BCUT2D eigenvalue weighted by Gasteiger charge is 2.19. The predicted octanol–water partition coefficient (Wildman–Crippen LogP) is 5.81. The van der Waals surface area contributed by atoms with Gasteiger partial charge in [0.1, 0.15) is 10.8 Å². The van der Waals surface area contributed by atoms with Crippen LogP contribution >= 0.6 is 23.2 Å². The van der Waals surface area contributed by atoms with Crippen LogP contribution in [-0.2, 0) is 4.79 Å². The Balaban J connectivity index is 2.08. The van der Waals surface area contributed by atoms with Crippen LogP contribution in [0.5, 0.6) is 5.75 Å². The van der Waals surface area contributed by atoms with E-state index in [9.17, 15) is 19.7 Å². The van der Waals surface area contributed by atoms with Crippen LogP contribution < -0.4 is 10.1 Å². The minimum absolute atomic E-state index is 0.0382. The van der Waals surface area contributed by atoms with E-state index >= 15 is 0 Å². The number of anilines is 1. The highest BCUT2D eigenvalue weighted by molar-refractivity contribution is 6.32. The Morgan fingerprint density at radius 3 is 2.57 bits per heavy atom. The lowest BCUT2D eigenvalue weighted by Crippen LogP contribution is -2.16. The molecule has 1 heterocycles. The minimum Gasteiger partial charge on any atom is -0.426 e. The van der Waals surface area contributed by atoms with Crippen molar-refractivity contribution in [2.75, 3.05) is 5.32 Å². The summed E-state index contributed by atoms with van der Waals surface area (Å²) in [5.74, 6) is -1.53. The number of nitrogens with zero attached hydrogens (tertiary/aromatic N) is 2. The molecule has 1 N–H and O–H groups in total. The lowest BCUT2D eigenvalue weighted by atomic mass is 10.1. The number of hydrogen-bond donors (Lipinski definition) is 1. The van der Waals surface area contributed by atoms with E-state index in [1.54, 1.807) is 0 Å². The molecule has 1 aromatic carbocycles. The van der Waals surface area contributed by atoms with Crippen molar-refractivity contribution < 1.29 is 19.2 Å². The second-order valence-corrected chi connectivity index (χ2v) is 7.36. The molecule has 0 saturated heterocycles. The van der Waals surface area contributed by atoms with Crippen molar-refractivity contribution in [2.45, 2.75) is 45.4 Å². The maximum atomic E-state index is 12.7. The number of carbonyl (C=O) groups excluding carboxylic acids is 2. The Morgan fingerprint density at radius 1 is 1.17 bits per heavy atom. The standard InChI is InChI=1S/C20H21Cl2N3O5/c1-2-3-4-5-6-7-18(26)30-17-9-8-13(21)10-15(17)20(27)24-14-11-16(22)19(23-12-14)25(28)29/h8-12H,2-7H2,1H3,(H,24,27). The maximum Gasteiger partial charge on any atom is 0.382 e. The summed E-state index contributed by atoms with van der Waals surface area (Å²) in [6.45, 7) is 2.11. The van der Waals surface area contributed by atoms with Gasteiger partial charge in [-0.2, -0.15) is 0 Å². The third-order valence-corrected chi connectivity index (χ3v) is 4.66. The molecule has 160 valence electrons. The van der Waals surface area contributed by atoms with Crippen molar-refractivity contribution in [3.8, 4) is 5.75 Å². The molecule has 0 fully saturated rings. The lowest BCUT2D eigenvalue weighted by molar-refractivity contribution is -0.389. The van der Waals surface area contributed by atoms with Gasteiger partial charge >= 0.3 is 11.8 Å². The van der Waals surface area contributed by atoms with E-state index in [0.29, 0.717) is 6.42 Å². The Labute approximate surface area is 183 Å². The molecule has 0 aliphatic rings.